The van der Waals surface area contributed by atoms with Crippen LogP contribution in [0.15, 0.2) is 47.4 Å². The number of sulfonamides is 1. The summed E-state index contributed by atoms with van der Waals surface area (Å²) in [6, 6.07) is 10.4. The first-order chi connectivity index (χ1) is 19.0. The summed E-state index contributed by atoms with van der Waals surface area (Å²) in [5.41, 5.74) is 4.55. The Morgan fingerprint density at radius 2 is 1.80 bits per heavy atom. The van der Waals surface area contributed by atoms with Gasteiger partial charge in [0.1, 0.15) is 17.7 Å². The smallest absolute Gasteiger partial charge is 0.257 e. The van der Waals surface area contributed by atoms with Gasteiger partial charge in [-0.3, -0.25) is 14.6 Å². The van der Waals surface area contributed by atoms with Crippen LogP contribution in [0.4, 0.5) is 10.1 Å². The van der Waals surface area contributed by atoms with Crippen LogP contribution in [-0.2, 0) is 26.0 Å². The molecule has 1 heterocycles. The predicted molar refractivity (Wildman–Crippen MR) is 154 cm³/mol. The second kappa shape index (κ2) is 13.2. The molecule has 1 saturated heterocycles. The number of alkyl halides is 2. The van der Waals surface area contributed by atoms with E-state index in [2.05, 4.69) is 15.5 Å². The number of carbonyl (C=O) groups excluding carboxylic acids is 2. The lowest BCUT2D eigenvalue weighted by molar-refractivity contribution is -0.141. The Balaban J connectivity index is 1.35. The molecule has 8 nitrogen and oxygen atoms in total. The van der Waals surface area contributed by atoms with Gasteiger partial charge in [-0.1, -0.05) is 43.9 Å². The van der Waals surface area contributed by atoms with E-state index < -0.39 is 32.1 Å². The number of anilines is 1. The summed E-state index contributed by atoms with van der Waals surface area (Å²) in [5, 5.41) is 2.87. The number of nitrogens with zero attached hydrogens (tertiary/aromatic N) is 1. The summed E-state index contributed by atoms with van der Waals surface area (Å²) in [6.45, 7) is 1.73. The molecule has 1 aliphatic carbocycles. The van der Waals surface area contributed by atoms with E-state index in [1.165, 1.54) is 23.2 Å². The summed E-state index contributed by atoms with van der Waals surface area (Å²) in [7, 11) is -3.88. The van der Waals surface area contributed by atoms with Crippen LogP contribution in [0, 0.1) is 18.7 Å². The third-order valence-electron chi connectivity index (χ3n) is 7.66. The van der Waals surface area contributed by atoms with Crippen LogP contribution in [0.3, 0.4) is 0 Å². The van der Waals surface area contributed by atoms with E-state index in [-0.39, 0.29) is 42.0 Å². The molecule has 2 atom stereocenters. The molecular weight excluding hydrogens is 578 g/mol. The quantitative estimate of drug-likeness (QED) is 0.285. The summed E-state index contributed by atoms with van der Waals surface area (Å²) in [6.07, 6.45) is 6.64. The molecule has 1 aliphatic heterocycles. The molecule has 0 aromatic heterocycles. The molecule has 12 heteroatoms. The largest absolute Gasteiger partial charge is 0.324 e. The standard InChI is InChI=1S/C28H35Cl2FN4O4S/c1-19-8-13-23(16-24(19)40(38,39)33-15-14-20-9-11-22(31)12-10-20)34-25(36)17-35-27(37)26(29)28(30,18-32-35)21-6-4-2-3-5-7-21/h8-13,16,21,26,32-33H,2-7,14-15,17-18H2,1H3,(H,34,36). The summed E-state index contributed by atoms with van der Waals surface area (Å²) >= 11 is 13.5. The van der Waals surface area contributed by atoms with Gasteiger partial charge in [0.15, 0.2) is 0 Å². The molecule has 0 spiro atoms. The van der Waals surface area contributed by atoms with Gasteiger partial charge >= 0.3 is 0 Å². The number of nitrogens with one attached hydrogen (secondary N) is 3. The third-order valence-corrected chi connectivity index (χ3v) is 10.6. The highest BCUT2D eigenvalue weighted by molar-refractivity contribution is 7.89. The minimum absolute atomic E-state index is 0.0210. The van der Waals surface area contributed by atoms with Gasteiger partial charge in [0.05, 0.1) is 9.77 Å². The molecule has 0 radical (unpaired) electrons. The number of hydrazine groups is 1. The topological polar surface area (TPSA) is 108 Å². The number of carbonyl (C=O) groups is 2. The number of hydrogen-bond donors (Lipinski definition) is 3. The van der Waals surface area contributed by atoms with E-state index in [4.69, 9.17) is 23.2 Å². The van der Waals surface area contributed by atoms with E-state index in [1.807, 2.05) is 0 Å². The number of rotatable bonds is 9. The van der Waals surface area contributed by atoms with Crippen LogP contribution in [0.5, 0.6) is 0 Å². The van der Waals surface area contributed by atoms with E-state index in [0.29, 0.717) is 12.0 Å². The van der Waals surface area contributed by atoms with Crippen molar-refractivity contribution in [3.05, 3.63) is 59.4 Å². The van der Waals surface area contributed by atoms with Crippen LogP contribution in [0.2, 0.25) is 0 Å². The first-order valence-electron chi connectivity index (χ1n) is 13.5. The first-order valence-corrected chi connectivity index (χ1v) is 15.8. The Kier molecular flexibility index (Phi) is 10.1. The minimum Gasteiger partial charge on any atom is -0.324 e. The lowest BCUT2D eigenvalue weighted by Gasteiger charge is -2.45. The highest BCUT2D eigenvalue weighted by Gasteiger charge is 2.51. The zero-order valence-corrected chi connectivity index (χ0v) is 24.7. The zero-order valence-electron chi connectivity index (χ0n) is 22.4. The van der Waals surface area contributed by atoms with E-state index in [1.54, 1.807) is 31.2 Å². The average Bonchev–Trinajstić information content (AvgIpc) is 3.21. The molecule has 2 fully saturated rings. The molecule has 2 aromatic rings. The van der Waals surface area contributed by atoms with Gasteiger partial charge in [0.2, 0.25) is 15.9 Å². The maximum Gasteiger partial charge on any atom is 0.257 e. The average molecular weight is 614 g/mol. The maximum absolute atomic E-state index is 13.1. The Hall–Kier alpha value is -2.24. The van der Waals surface area contributed by atoms with Crippen molar-refractivity contribution in [2.75, 3.05) is 25.0 Å². The van der Waals surface area contributed by atoms with Crippen LogP contribution in [0.1, 0.15) is 49.7 Å². The van der Waals surface area contributed by atoms with Gasteiger partial charge in [-0.05, 0) is 67.5 Å². The van der Waals surface area contributed by atoms with Crippen LogP contribution in [0.25, 0.3) is 0 Å². The molecule has 40 heavy (non-hydrogen) atoms. The molecule has 4 rings (SSSR count). The van der Waals surface area contributed by atoms with Crippen molar-refractivity contribution in [2.45, 2.75) is 67.0 Å². The van der Waals surface area contributed by atoms with Crippen molar-refractivity contribution in [1.82, 2.24) is 15.2 Å². The maximum atomic E-state index is 13.1. The SMILES string of the molecule is Cc1ccc(NC(=O)CN2NCC(Cl)(C3CCCCCC3)C(Cl)C2=O)cc1S(=O)(=O)NCCc1ccc(F)cc1. The fraction of sp³-hybridized carbons (Fsp3) is 0.500. The number of amides is 2. The Labute approximate surface area is 245 Å². The van der Waals surface area contributed by atoms with Crippen molar-refractivity contribution in [1.29, 1.82) is 0 Å². The van der Waals surface area contributed by atoms with Gasteiger partial charge in [0, 0.05) is 18.8 Å². The lowest BCUT2D eigenvalue weighted by Crippen LogP contribution is -2.66. The normalized spacial score (nSPS) is 22.6. The second-order valence-corrected chi connectivity index (χ2v) is 13.4. The Morgan fingerprint density at radius 3 is 2.48 bits per heavy atom. The Morgan fingerprint density at radius 1 is 1.12 bits per heavy atom. The zero-order chi connectivity index (χ0) is 28.9. The van der Waals surface area contributed by atoms with Crippen LogP contribution >= 0.6 is 23.2 Å². The molecule has 218 valence electrons. The van der Waals surface area contributed by atoms with Gasteiger partial charge in [0.25, 0.3) is 5.91 Å². The van der Waals surface area contributed by atoms with Crippen LogP contribution < -0.4 is 15.5 Å². The molecule has 2 aromatic carbocycles. The molecule has 2 unspecified atom stereocenters. The number of halogens is 3. The summed E-state index contributed by atoms with van der Waals surface area (Å²) in [5.74, 6) is -1.22. The first kappa shape index (κ1) is 30.7. The lowest BCUT2D eigenvalue weighted by atomic mass is 9.81. The summed E-state index contributed by atoms with van der Waals surface area (Å²) in [4.78, 5) is 25.0. The van der Waals surface area contributed by atoms with E-state index in [9.17, 15) is 22.4 Å². The predicted octanol–water partition coefficient (Wildman–Crippen LogP) is 4.50. The monoisotopic (exact) mass is 612 g/mol. The third kappa shape index (κ3) is 7.33. The van der Waals surface area contributed by atoms with Crippen molar-refractivity contribution in [3.8, 4) is 0 Å². The van der Waals surface area contributed by atoms with Crippen LogP contribution in [-0.4, -0.2) is 55.1 Å². The molecule has 1 saturated carbocycles. The number of benzene rings is 2. The Bertz CT molecular complexity index is 1320. The van der Waals surface area contributed by atoms with E-state index in [0.717, 1.165) is 44.1 Å². The molecule has 2 aliphatic rings. The van der Waals surface area contributed by atoms with Crippen molar-refractivity contribution < 1.29 is 22.4 Å². The fourth-order valence-electron chi connectivity index (χ4n) is 5.34. The van der Waals surface area contributed by atoms with E-state index >= 15 is 0 Å². The highest BCUT2D eigenvalue weighted by Crippen LogP contribution is 2.42. The fourth-order valence-corrected chi connectivity index (χ4v) is 7.39. The molecule has 2 amide bonds. The van der Waals surface area contributed by atoms with Gasteiger partial charge < -0.3 is 5.32 Å². The number of aryl methyl sites for hydroxylation is 1. The van der Waals surface area contributed by atoms with Crippen molar-refractivity contribution >= 4 is 50.7 Å². The van der Waals surface area contributed by atoms with Gasteiger partial charge in [-0.2, -0.15) is 0 Å². The van der Waals surface area contributed by atoms with Crippen molar-refractivity contribution in [3.63, 3.8) is 0 Å². The second-order valence-electron chi connectivity index (χ2n) is 10.5. The van der Waals surface area contributed by atoms with Crippen molar-refractivity contribution in [2.24, 2.45) is 5.92 Å². The number of hydrogen-bond acceptors (Lipinski definition) is 5. The van der Waals surface area contributed by atoms with Gasteiger partial charge in [-0.15, -0.1) is 23.2 Å². The summed E-state index contributed by atoms with van der Waals surface area (Å²) < 4.78 is 41.6. The molecule has 0 bridgehead atoms. The highest BCUT2D eigenvalue weighted by atomic mass is 35.5. The molecule has 3 N–H and O–H groups in total. The van der Waals surface area contributed by atoms with Gasteiger partial charge in [-0.25, -0.2) is 23.0 Å². The molecular formula is C28H35Cl2FN4O4S. The minimum atomic E-state index is -3.88.